The molecule has 0 amide bonds. The number of nitrogens with zero attached hydrogens (tertiary/aromatic N) is 2. The second-order valence-corrected chi connectivity index (χ2v) is 11.2. The van der Waals surface area contributed by atoms with E-state index in [-0.39, 0.29) is 23.9 Å². The summed E-state index contributed by atoms with van der Waals surface area (Å²) in [6, 6.07) is 0. The molecule has 3 atom stereocenters. The van der Waals surface area contributed by atoms with E-state index in [0.29, 0.717) is 18.4 Å². The number of unbranched alkanes of at least 4 members (excludes halogenated alkanes) is 1. The minimum atomic E-state index is -0.243. The summed E-state index contributed by atoms with van der Waals surface area (Å²) in [4.78, 5) is 5.41. The van der Waals surface area contributed by atoms with Crippen molar-refractivity contribution in [3.63, 3.8) is 0 Å². The van der Waals surface area contributed by atoms with E-state index in [4.69, 9.17) is 9.47 Å². The quantitative estimate of drug-likeness (QED) is 0.402. The molecule has 2 aliphatic rings. The summed E-state index contributed by atoms with van der Waals surface area (Å²) in [5.41, 5.74) is -0.425. The van der Waals surface area contributed by atoms with Crippen molar-refractivity contribution in [2.24, 2.45) is 11.8 Å². The average molecular weight is 455 g/mol. The van der Waals surface area contributed by atoms with E-state index in [1.807, 2.05) is 7.11 Å². The topological polar surface area (TPSA) is 45.2 Å². The molecule has 190 valence electrons. The van der Waals surface area contributed by atoms with Crippen molar-refractivity contribution in [3.8, 4) is 0 Å². The number of morpholine rings is 1. The highest BCUT2D eigenvalue weighted by Gasteiger charge is 2.58. The third-order valence-electron chi connectivity index (χ3n) is 8.03. The maximum absolute atomic E-state index is 10.4. The number of aliphatic hydroxyl groups is 1. The fourth-order valence-corrected chi connectivity index (χ4v) is 6.32. The Balaban J connectivity index is 2.46. The Labute approximate surface area is 199 Å². The molecule has 32 heavy (non-hydrogen) atoms. The van der Waals surface area contributed by atoms with Gasteiger partial charge in [-0.3, -0.25) is 4.90 Å². The number of piperidine rings is 1. The van der Waals surface area contributed by atoms with Gasteiger partial charge in [0.05, 0.1) is 17.2 Å². The number of aliphatic hydroxyl groups excluding tert-OH is 1. The van der Waals surface area contributed by atoms with Crippen LogP contribution in [0.4, 0.5) is 0 Å². The predicted molar refractivity (Wildman–Crippen MR) is 134 cm³/mol. The molecule has 0 aromatic carbocycles. The molecule has 3 unspecified atom stereocenters. The molecule has 2 saturated heterocycles. The molecule has 2 aliphatic heterocycles. The Hall–Kier alpha value is -0.200. The smallest absolute Gasteiger partial charge is 0.0874 e. The lowest BCUT2D eigenvalue weighted by atomic mass is 9.65. The number of ether oxygens (including phenoxy) is 2. The second-order valence-electron chi connectivity index (χ2n) is 11.2. The Morgan fingerprint density at radius 1 is 1.03 bits per heavy atom. The minimum absolute atomic E-state index is 0.182. The number of hydrogen-bond donors (Lipinski definition) is 1. The summed E-state index contributed by atoms with van der Waals surface area (Å²) in [6.45, 7) is 18.1. The maximum atomic E-state index is 10.4. The summed E-state index contributed by atoms with van der Waals surface area (Å²) >= 11 is 0. The van der Waals surface area contributed by atoms with Gasteiger partial charge in [-0.05, 0) is 63.5 Å². The van der Waals surface area contributed by atoms with Gasteiger partial charge in [0.15, 0.2) is 0 Å². The molecule has 0 spiro atoms. The summed E-state index contributed by atoms with van der Waals surface area (Å²) in [7, 11) is 1.81. The third kappa shape index (κ3) is 6.91. The molecule has 0 radical (unpaired) electrons. The van der Waals surface area contributed by atoms with Crippen LogP contribution in [0, 0.1) is 11.8 Å². The first-order valence-electron chi connectivity index (χ1n) is 13.6. The van der Waals surface area contributed by atoms with Crippen molar-refractivity contribution in [1.29, 1.82) is 0 Å². The second kappa shape index (κ2) is 13.6. The van der Waals surface area contributed by atoms with Gasteiger partial charge in [0.2, 0.25) is 0 Å². The van der Waals surface area contributed by atoms with Gasteiger partial charge < -0.3 is 19.5 Å². The zero-order valence-electron chi connectivity index (χ0n) is 22.2. The van der Waals surface area contributed by atoms with Gasteiger partial charge in [-0.25, -0.2) is 0 Å². The van der Waals surface area contributed by atoms with Crippen molar-refractivity contribution in [2.45, 2.75) is 110 Å². The normalized spacial score (nSPS) is 30.5. The summed E-state index contributed by atoms with van der Waals surface area (Å²) in [6.07, 6.45) is 10.4. The zero-order chi connectivity index (χ0) is 23.6. The number of methoxy groups -OCH3 is 1. The summed E-state index contributed by atoms with van der Waals surface area (Å²) < 4.78 is 12.9. The molecular weight excluding hydrogens is 400 g/mol. The van der Waals surface area contributed by atoms with Crippen LogP contribution in [0.15, 0.2) is 0 Å². The lowest BCUT2D eigenvalue weighted by Crippen LogP contribution is -2.73. The van der Waals surface area contributed by atoms with Crippen molar-refractivity contribution in [3.05, 3.63) is 0 Å². The highest BCUT2D eigenvalue weighted by molar-refractivity contribution is 5.12. The highest BCUT2D eigenvalue weighted by atomic mass is 16.5. The van der Waals surface area contributed by atoms with Crippen LogP contribution in [0.1, 0.15) is 92.4 Å². The van der Waals surface area contributed by atoms with Crippen LogP contribution in [-0.2, 0) is 9.47 Å². The Kier molecular flexibility index (Phi) is 11.9. The van der Waals surface area contributed by atoms with Gasteiger partial charge in [-0.2, -0.15) is 0 Å². The molecule has 5 heteroatoms. The van der Waals surface area contributed by atoms with Gasteiger partial charge >= 0.3 is 0 Å². The average Bonchev–Trinajstić information content (AvgIpc) is 2.77. The number of rotatable bonds is 14. The lowest BCUT2D eigenvalue weighted by molar-refractivity contribution is -0.258. The van der Waals surface area contributed by atoms with Gasteiger partial charge in [0, 0.05) is 40.0 Å². The van der Waals surface area contributed by atoms with Gasteiger partial charge in [-0.1, -0.05) is 53.9 Å². The minimum Gasteiger partial charge on any atom is -0.396 e. The fraction of sp³-hybridized carbons (Fsp3) is 1.00. The van der Waals surface area contributed by atoms with E-state index in [2.05, 4.69) is 44.4 Å². The van der Waals surface area contributed by atoms with Crippen LogP contribution in [0.2, 0.25) is 0 Å². The Morgan fingerprint density at radius 3 is 2.31 bits per heavy atom. The van der Waals surface area contributed by atoms with Crippen LogP contribution >= 0.6 is 0 Å². The summed E-state index contributed by atoms with van der Waals surface area (Å²) in [5.74, 6) is 1.03. The molecular formula is C27H54N2O3. The van der Waals surface area contributed by atoms with Crippen molar-refractivity contribution in [2.75, 3.05) is 53.0 Å². The number of hydrogen-bond acceptors (Lipinski definition) is 5. The molecule has 0 bridgehead atoms. The van der Waals surface area contributed by atoms with Crippen LogP contribution < -0.4 is 0 Å². The van der Waals surface area contributed by atoms with Gasteiger partial charge in [0.1, 0.15) is 0 Å². The first-order chi connectivity index (χ1) is 15.3. The van der Waals surface area contributed by atoms with Crippen molar-refractivity contribution < 1.29 is 14.6 Å². The standard InChI is InChI=1S/C27H54N2O3/c1-7-8-12-27(21-23(2)3)26(13-19-30,14-20-31-6)29(22-25(32-27)24(4)5)18-17-28-15-10-9-11-16-28/h23-25,30H,7-22H2,1-6H3. The van der Waals surface area contributed by atoms with E-state index in [1.54, 1.807) is 0 Å². The zero-order valence-corrected chi connectivity index (χ0v) is 22.2. The van der Waals surface area contributed by atoms with Gasteiger partial charge in [-0.15, -0.1) is 0 Å². The Morgan fingerprint density at radius 2 is 1.75 bits per heavy atom. The maximum Gasteiger partial charge on any atom is 0.0874 e. The molecule has 1 N–H and O–H groups in total. The third-order valence-corrected chi connectivity index (χ3v) is 8.03. The molecule has 0 saturated carbocycles. The van der Waals surface area contributed by atoms with E-state index < -0.39 is 0 Å². The highest BCUT2D eigenvalue weighted by Crippen LogP contribution is 2.49. The molecule has 2 fully saturated rings. The van der Waals surface area contributed by atoms with E-state index >= 15 is 0 Å². The SMILES string of the molecule is CCCCC1(CC(C)C)OC(C(C)C)CN(CCN2CCCCC2)C1(CCO)CCOC. The van der Waals surface area contributed by atoms with Crippen LogP contribution in [0.3, 0.4) is 0 Å². The number of likely N-dealkylation sites (tertiary alicyclic amines) is 1. The molecule has 0 aromatic rings. The Bertz CT molecular complexity index is 509. The first kappa shape index (κ1) is 28.0. The van der Waals surface area contributed by atoms with Crippen LogP contribution in [0.5, 0.6) is 0 Å². The van der Waals surface area contributed by atoms with E-state index in [9.17, 15) is 5.11 Å². The molecule has 0 aromatic heterocycles. The first-order valence-corrected chi connectivity index (χ1v) is 13.6. The summed E-state index contributed by atoms with van der Waals surface area (Å²) in [5, 5.41) is 10.4. The molecule has 2 rings (SSSR count). The van der Waals surface area contributed by atoms with Crippen molar-refractivity contribution in [1.82, 2.24) is 9.80 Å². The monoisotopic (exact) mass is 454 g/mol. The molecule has 2 heterocycles. The predicted octanol–water partition coefficient (Wildman–Crippen LogP) is 4.96. The van der Waals surface area contributed by atoms with Crippen LogP contribution in [-0.4, -0.2) is 85.2 Å². The van der Waals surface area contributed by atoms with E-state index in [0.717, 1.165) is 51.7 Å². The van der Waals surface area contributed by atoms with E-state index in [1.165, 1.54) is 38.8 Å². The van der Waals surface area contributed by atoms with Crippen molar-refractivity contribution >= 4 is 0 Å². The molecule has 0 aliphatic carbocycles. The largest absolute Gasteiger partial charge is 0.396 e. The lowest BCUT2D eigenvalue weighted by Gasteiger charge is -2.62. The van der Waals surface area contributed by atoms with Gasteiger partial charge in [0.25, 0.3) is 0 Å². The fourth-order valence-electron chi connectivity index (χ4n) is 6.32. The molecule has 5 nitrogen and oxygen atoms in total. The van der Waals surface area contributed by atoms with Crippen LogP contribution in [0.25, 0.3) is 0 Å².